The molecule has 7 heteroatoms. The van der Waals surface area contributed by atoms with Crippen LogP contribution in [0.2, 0.25) is 0 Å². The fourth-order valence-corrected chi connectivity index (χ4v) is 1.74. The second-order valence-electron chi connectivity index (χ2n) is 4.69. The lowest BCUT2D eigenvalue weighted by Crippen LogP contribution is -2.20. The number of aryl methyl sites for hydroxylation is 1. The number of ether oxygens (including phenoxy) is 1. The topological polar surface area (TPSA) is 99.1 Å². The Morgan fingerprint density at radius 2 is 2.16 bits per heavy atom. The minimum Gasteiger partial charge on any atom is -0.391 e. The van der Waals surface area contributed by atoms with Crippen LogP contribution in [0.15, 0.2) is 12.7 Å². The molecule has 0 radical (unpaired) electrons. The number of fused-ring (bicyclic) bond motifs is 1. The lowest BCUT2D eigenvalue weighted by molar-refractivity contribution is 0.00125. The summed E-state index contributed by atoms with van der Waals surface area (Å²) in [4.78, 5) is 12.2. The molecule has 0 spiro atoms. The van der Waals surface area contributed by atoms with Crippen LogP contribution in [-0.2, 0) is 11.3 Å². The van der Waals surface area contributed by atoms with E-state index in [1.807, 2.05) is 18.4 Å². The zero-order valence-corrected chi connectivity index (χ0v) is 11.2. The van der Waals surface area contributed by atoms with Crippen LogP contribution in [0.1, 0.15) is 20.3 Å². The summed E-state index contributed by atoms with van der Waals surface area (Å²) in [7, 11) is 0. The number of aliphatic hydroxyl groups excluding tert-OH is 1. The fraction of sp³-hybridized carbons (Fsp3) is 0.583. The van der Waals surface area contributed by atoms with Crippen LogP contribution in [0.4, 0.5) is 5.82 Å². The van der Waals surface area contributed by atoms with Gasteiger partial charge in [0.25, 0.3) is 0 Å². The standard InChI is InChI=1S/C12H19N5O2/c1-8(2)19-5-9(18)3-4-17-7-16-10-11(13)14-6-15-12(10)17/h6-9,18H,3-5H2,1-2H3,(H2,13,14,15). The van der Waals surface area contributed by atoms with Crippen LogP contribution in [0.5, 0.6) is 0 Å². The van der Waals surface area contributed by atoms with E-state index in [-0.39, 0.29) is 6.10 Å². The highest BCUT2D eigenvalue weighted by Crippen LogP contribution is 2.14. The van der Waals surface area contributed by atoms with Gasteiger partial charge in [0.05, 0.1) is 25.1 Å². The quantitative estimate of drug-likeness (QED) is 0.792. The molecular weight excluding hydrogens is 246 g/mol. The number of anilines is 1. The number of imidazole rings is 1. The van der Waals surface area contributed by atoms with E-state index in [1.54, 1.807) is 6.33 Å². The minimum atomic E-state index is -0.501. The molecule has 0 bridgehead atoms. The third-order valence-corrected chi connectivity index (χ3v) is 2.75. The molecule has 1 unspecified atom stereocenters. The van der Waals surface area contributed by atoms with Gasteiger partial charge >= 0.3 is 0 Å². The number of rotatable bonds is 6. The summed E-state index contributed by atoms with van der Waals surface area (Å²) in [5.74, 6) is 0.368. The monoisotopic (exact) mass is 265 g/mol. The summed E-state index contributed by atoms with van der Waals surface area (Å²) in [5, 5.41) is 9.81. The predicted molar refractivity (Wildman–Crippen MR) is 71.4 cm³/mol. The summed E-state index contributed by atoms with van der Waals surface area (Å²) in [6.07, 6.45) is 3.26. The highest BCUT2D eigenvalue weighted by atomic mass is 16.5. The van der Waals surface area contributed by atoms with Crippen molar-refractivity contribution in [2.24, 2.45) is 0 Å². The Morgan fingerprint density at radius 3 is 2.89 bits per heavy atom. The molecule has 2 aromatic heterocycles. The number of aliphatic hydroxyl groups is 1. The summed E-state index contributed by atoms with van der Waals surface area (Å²) >= 11 is 0. The zero-order valence-electron chi connectivity index (χ0n) is 11.2. The first-order valence-electron chi connectivity index (χ1n) is 6.29. The van der Waals surface area contributed by atoms with Crippen molar-refractivity contribution in [1.82, 2.24) is 19.5 Å². The van der Waals surface area contributed by atoms with Crippen molar-refractivity contribution in [2.75, 3.05) is 12.3 Å². The largest absolute Gasteiger partial charge is 0.391 e. The number of nitrogens with zero attached hydrogens (tertiary/aromatic N) is 4. The van der Waals surface area contributed by atoms with Crippen LogP contribution in [0, 0.1) is 0 Å². The molecule has 0 fully saturated rings. The van der Waals surface area contributed by atoms with E-state index in [9.17, 15) is 5.11 Å². The number of hydrogen-bond acceptors (Lipinski definition) is 6. The maximum absolute atomic E-state index is 9.81. The van der Waals surface area contributed by atoms with Crippen LogP contribution in [0.3, 0.4) is 0 Å². The van der Waals surface area contributed by atoms with Crippen molar-refractivity contribution in [2.45, 2.75) is 39.0 Å². The Labute approximate surface area is 111 Å². The number of aromatic nitrogens is 4. The Balaban J connectivity index is 1.96. The lowest BCUT2D eigenvalue weighted by Gasteiger charge is -2.13. The van der Waals surface area contributed by atoms with Gasteiger partial charge in [0.1, 0.15) is 11.8 Å². The molecule has 2 aromatic rings. The van der Waals surface area contributed by atoms with Crippen molar-refractivity contribution >= 4 is 17.0 Å². The van der Waals surface area contributed by atoms with Crippen LogP contribution in [-0.4, -0.2) is 43.4 Å². The molecule has 0 aromatic carbocycles. The van der Waals surface area contributed by atoms with E-state index < -0.39 is 6.10 Å². The van der Waals surface area contributed by atoms with E-state index in [2.05, 4.69) is 15.0 Å². The average molecular weight is 265 g/mol. The van der Waals surface area contributed by atoms with E-state index in [1.165, 1.54) is 6.33 Å². The third-order valence-electron chi connectivity index (χ3n) is 2.75. The van der Waals surface area contributed by atoms with Gasteiger partial charge in [0.2, 0.25) is 0 Å². The average Bonchev–Trinajstić information content (AvgIpc) is 2.78. The molecule has 0 aliphatic carbocycles. The first-order valence-corrected chi connectivity index (χ1v) is 6.29. The Kier molecular flexibility index (Phi) is 4.28. The molecule has 3 N–H and O–H groups in total. The SMILES string of the molecule is CC(C)OCC(O)CCn1cnc2c(N)ncnc21. The van der Waals surface area contributed by atoms with Gasteiger partial charge in [-0.1, -0.05) is 0 Å². The number of nitrogens with two attached hydrogens (primary N) is 1. The molecule has 0 aliphatic rings. The lowest BCUT2D eigenvalue weighted by atomic mass is 10.2. The molecule has 0 saturated heterocycles. The van der Waals surface area contributed by atoms with E-state index in [0.29, 0.717) is 36.6 Å². The van der Waals surface area contributed by atoms with Crippen molar-refractivity contribution < 1.29 is 9.84 Å². The maximum Gasteiger partial charge on any atom is 0.165 e. The highest BCUT2D eigenvalue weighted by Gasteiger charge is 2.10. The molecule has 2 rings (SSSR count). The minimum absolute atomic E-state index is 0.122. The van der Waals surface area contributed by atoms with Gasteiger partial charge in [-0.15, -0.1) is 0 Å². The predicted octanol–water partition coefficient (Wildman–Crippen LogP) is 0.584. The Bertz CT molecular complexity index is 540. The Hall–Kier alpha value is -1.73. The van der Waals surface area contributed by atoms with E-state index >= 15 is 0 Å². The molecule has 2 heterocycles. The van der Waals surface area contributed by atoms with Gasteiger partial charge < -0.3 is 20.1 Å². The number of hydrogen-bond donors (Lipinski definition) is 2. The second-order valence-corrected chi connectivity index (χ2v) is 4.69. The van der Waals surface area contributed by atoms with Gasteiger partial charge in [0, 0.05) is 6.54 Å². The summed E-state index contributed by atoms with van der Waals surface area (Å²) in [5.41, 5.74) is 6.99. The van der Waals surface area contributed by atoms with Crippen LogP contribution < -0.4 is 5.73 Å². The fourth-order valence-electron chi connectivity index (χ4n) is 1.74. The first-order chi connectivity index (χ1) is 9.08. The molecule has 1 atom stereocenters. The molecule has 19 heavy (non-hydrogen) atoms. The maximum atomic E-state index is 9.81. The van der Waals surface area contributed by atoms with Crippen molar-refractivity contribution in [3.8, 4) is 0 Å². The molecule has 0 saturated carbocycles. The third kappa shape index (κ3) is 3.39. The first kappa shape index (κ1) is 13.7. The molecule has 0 amide bonds. The van der Waals surface area contributed by atoms with E-state index in [4.69, 9.17) is 10.5 Å². The van der Waals surface area contributed by atoms with Crippen molar-refractivity contribution in [1.29, 1.82) is 0 Å². The molecule has 0 aliphatic heterocycles. The van der Waals surface area contributed by atoms with Crippen LogP contribution >= 0.6 is 0 Å². The van der Waals surface area contributed by atoms with Crippen LogP contribution in [0.25, 0.3) is 11.2 Å². The molecule has 7 nitrogen and oxygen atoms in total. The van der Waals surface area contributed by atoms with Gasteiger partial charge in [-0.2, -0.15) is 0 Å². The van der Waals surface area contributed by atoms with Gasteiger partial charge in [-0.05, 0) is 20.3 Å². The summed E-state index contributed by atoms with van der Waals surface area (Å²) < 4.78 is 7.21. The van der Waals surface area contributed by atoms with Crippen molar-refractivity contribution in [3.05, 3.63) is 12.7 Å². The summed E-state index contributed by atoms with van der Waals surface area (Å²) in [6, 6.07) is 0. The van der Waals surface area contributed by atoms with Crippen molar-refractivity contribution in [3.63, 3.8) is 0 Å². The molecule has 104 valence electrons. The zero-order chi connectivity index (χ0) is 13.8. The van der Waals surface area contributed by atoms with Gasteiger partial charge in [0.15, 0.2) is 11.5 Å². The van der Waals surface area contributed by atoms with Gasteiger partial charge in [-0.3, -0.25) is 0 Å². The second kappa shape index (κ2) is 5.94. The normalized spacial score (nSPS) is 13.3. The smallest absolute Gasteiger partial charge is 0.165 e. The molecular formula is C12H19N5O2. The number of nitrogen functional groups attached to an aromatic ring is 1. The Morgan fingerprint density at radius 1 is 1.37 bits per heavy atom. The highest BCUT2D eigenvalue weighted by molar-refractivity contribution is 5.80. The van der Waals surface area contributed by atoms with Gasteiger partial charge in [-0.25, -0.2) is 15.0 Å². The van der Waals surface area contributed by atoms with E-state index in [0.717, 1.165) is 0 Å². The summed E-state index contributed by atoms with van der Waals surface area (Å²) in [6.45, 7) is 4.82.